The summed E-state index contributed by atoms with van der Waals surface area (Å²) >= 11 is 0. The molecule has 0 saturated heterocycles. The molecule has 0 aromatic heterocycles. The van der Waals surface area contributed by atoms with Gasteiger partial charge in [-0.1, -0.05) is 58.0 Å². The van der Waals surface area contributed by atoms with Crippen LogP contribution in [-0.2, 0) is 16.1 Å². The maximum atomic E-state index is 12.1. The van der Waals surface area contributed by atoms with Gasteiger partial charge in [-0.25, -0.2) is 0 Å². The zero-order valence-corrected chi connectivity index (χ0v) is 15.5. The Morgan fingerprint density at radius 1 is 1.08 bits per heavy atom. The van der Waals surface area contributed by atoms with E-state index in [1.807, 2.05) is 58.0 Å². The van der Waals surface area contributed by atoms with Gasteiger partial charge < -0.3 is 14.9 Å². The second-order valence-corrected chi connectivity index (χ2v) is 7.91. The van der Waals surface area contributed by atoms with Crippen LogP contribution in [0.2, 0.25) is 0 Å². The molecule has 4 atom stereocenters. The Labute approximate surface area is 145 Å². The van der Waals surface area contributed by atoms with E-state index in [1.165, 1.54) is 0 Å². The summed E-state index contributed by atoms with van der Waals surface area (Å²) in [4.78, 5) is 12.1. The van der Waals surface area contributed by atoms with Crippen molar-refractivity contribution in [1.29, 1.82) is 0 Å². The molecule has 4 nitrogen and oxygen atoms in total. The summed E-state index contributed by atoms with van der Waals surface area (Å²) in [5, 5.41) is 20.4. The minimum absolute atomic E-state index is 0.124. The molecule has 0 unspecified atom stereocenters. The molecule has 1 aromatic carbocycles. The largest absolute Gasteiger partial charge is 0.461 e. The van der Waals surface area contributed by atoms with Gasteiger partial charge in [0.2, 0.25) is 0 Å². The minimum Gasteiger partial charge on any atom is -0.461 e. The number of benzene rings is 1. The topological polar surface area (TPSA) is 66.8 Å². The lowest BCUT2D eigenvalue weighted by Gasteiger charge is -2.29. The van der Waals surface area contributed by atoms with Crippen molar-refractivity contribution in [3.63, 3.8) is 0 Å². The minimum atomic E-state index is -0.768. The molecule has 24 heavy (non-hydrogen) atoms. The van der Waals surface area contributed by atoms with Crippen LogP contribution in [0, 0.1) is 17.3 Å². The first-order valence-electron chi connectivity index (χ1n) is 8.68. The summed E-state index contributed by atoms with van der Waals surface area (Å²) < 4.78 is 5.28. The third-order valence-electron chi connectivity index (χ3n) is 4.44. The van der Waals surface area contributed by atoms with Crippen LogP contribution in [0.1, 0.15) is 53.0 Å². The second kappa shape index (κ2) is 9.19. The van der Waals surface area contributed by atoms with Gasteiger partial charge in [0, 0.05) is 0 Å². The summed E-state index contributed by atoms with van der Waals surface area (Å²) in [7, 11) is 0. The summed E-state index contributed by atoms with van der Waals surface area (Å²) in [6.45, 7) is 9.86. The molecule has 0 fully saturated rings. The van der Waals surface area contributed by atoms with E-state index in [2.05, 4.69) is 0 Å². The van der Waals surface area contributed by atoms with Gasteiger partial charge in [0.15, 0.2) is 0 Å². The van der Waals surface area contributed by atoms with E-state index in [0.29, 0.717) is 12.8 Å². The highest BCUT2D eigenvalue weighted by atomic mass is 16.5. The fraction of sp³-hybridized carbons (Fsp3) is 0.650. The van der Waals surface area contributed by atoms with Crippen LogP contribution in [0.25, 0.3) is 0 Å². The molecule has 4 heteroatoms. The van der Waals surface area contributed by atoms with Gasteiger partial charge in [-0.05, 0) is 36.7 Å². The van der Waals surface area contributed by atoms with E-state index in [1.54, 1.807) is 6.92 Å². The maximum Gasteiger partial charge on any atom is 0.311 e. The highest BCUT2D eigenvalue weighted by molar-refractivity contribution is 5.72. The highest BCUT2D eigenvalue weighted by Gasteiger charge is 2.28. The van der Waals surface area contributed by atoms with Gasteiger partial charge in [-0.3, -0.25) is 4.79 Å². The zero-order chi connectivity index (χ0) is 18.3. The number of carbonyl (C=O) groups is 1. The van der Waals surface area contributed by atoms with Crippen LogP contribution >= 0.6 is 0 Å². The number of hydrogen-bond donors (Lipinski definition) is 2. The molecule has 0 aliphatic carbocycles. The molecule has 0 heterocycles. The number of aliphatic hydroxyl groups is 2. The van der Waals surface area contributed by atoms with Crippen LogP contribution in [0.5, 0.6) is 0 Å². The van der Waals surface area contributed by atoms with Crippen LogP contribution in [0.3, 0.4) is 0 Å². The lowest BCUT2D eigenvalue weighted by Crippen LogP contribution is -2.32. The van der Waals surface area contributed by atoms with Crippen molar-refractivity contribution in [2.45, 2.75) is 66.3 Å². The number of carbonyl (C=O) groups excluding carboxylic acids is 1. The van der Waals surface area contributed by atoms with Gasteiger partial charge in [-0.15, -0.1) is 0 Å². The first-order valence-corrected chi connectivity index (χ1v) is 8.68. The normalized spacial score (nSPS) is 17.0. The highest BCUT2D eigenvalue weighted by Crippen LogP contribution is 2.27. The van der Waals surface area contributed by atoms with Crippen LogP contribution in [0.4, 0.5) is 0 Å². The third-order valence-corrected chi connectivity index (χ3v) is 4.44. The Morgan fingerprint density at radius 3 is 2.21 bits per heavy atom. The standard InChI is InChI=1S/C20H32O4/c1-14(12-18(22)20(3,4)5)11-17(21)15(2)19(23)24-13-16-9-7-6-8-10-16/h6-10,14-15,17-18,21-22H,11-13H2,1-5H3/t14-,15-,17-,18-/m0/s1. The van der Waals surface area contributed by atoms with Gasteiger partial charge in [0.25, 0.3) is 0 Å². The number of esters is 1. The number of aliphatic hydroxyl groups excluding tert-OH is 2. The predicted molar refractivity (Wildman–Crippen MR) is 95.3 cm³/mol. The van der Waals surface area contributed by atoms with Gasteiger partial charge >= 0.3 is 5.97 Å². The Balaban J connectivity index is 2.42. The molecule has 136 valence electrons. The molecule has 1 rings (SSSR count). The molecule has 0 amide bonds. The van der Waals surface area contributed by atoms with Crippen molar-refractivity contribution in [1.82, 2.24) is 0 Å². The molecule has 0 aliphatic heterocycles. The monoisotopic (exact) mass is 336 g/mol. The molecule has 0 radical (unpaired) electrons. The van der Waals surface area contributed by atoms with Crippen molar-refractivity contribution in [2.24, 2.45) is 17.3 Å². The van der Waals surface area contributed by atoms with E-state index in [0.717, 1.165) is 5.56 Å². The van der Waals surface area contributed by atoms with Gasteiger partial charge in [-0.2, -0.15) is 0 Å². The zero-order valence-electron chi connectivity index (χ0n) is 15.5. The summed E-state index contributed by atoms with van der Waals surface area (Å²) in [5.41, 5.74) is 0.744. The van der Waals surface area contributed by atoms with E-state index in [9.17, 15) is 15.0 Å². The van der Waals surface area contributed by atoms with Crippen molar-refractivity contribution >= 4 is 5.97 Å². The fourth-order valence-corrected chi connectivity index (χ4v) is 2.46. The summed E-state index contributed by atoms with van der Waals surface area (Å²) in [5.74, 6) is -0.850. The lowest BCUT2D eigenvalue weighted by atomic mass is 9.82. The SMILES string of the molecule is C[C@@H](C[C@H](O)[C@H](C)C(=O)OCc1ccccc1)C[C@H](O)C(C)(C)C. The number of hydrogen-bond acceptors (Lipinski definition) is 4. The lowest BCUT2D eigenvalue weighted by molar-refractivity contribution is -0.153. The van der Waals surface area contributed by atoms with E-state index >= 15 is 0 Å². The molecular weight excluding hydrogens is 304 g/mol. The molecule has 2 N–H and O–H groups in total. The fourth-order valence-electron chi connectivity index (χ4n) is 2.46. The van der Waals surface area contributed by atoms with E-state index in [-0.39, 0.29) is 17.9 Å². The maximum absolute atomic E-state index is 12.1. The first-order chi connectivity index (χ1) is 11.1. The van der Waals surface area contributed by atoms with Crippen molar-refractivity contribution in [3.8, 4) is 0 Å². The molecular formula is C20H32O4. The first kappa shape index (κ1) is 20.7. The summed E-state index contributed by atoms with van der Waals surface area (Å²) in [6, 6.07) is 9.48. The van der Waals surface area contributed by atoms with Crippen molar-refractivity contribution < 1.29 is 19.7 Å². The Kier molecular flexibility index (Phi) is 7.91. The second-order valence-electron chi connectivity index (χ2n) is 7.91. The molecule has 1 aromatic rings. The van der Waals surface area contributed by atoms with Gasteiger partial charge in [0.1, 0.15) is 6.61 Å². The smallest absolute Gasteiger partial charge is 0.311 e. The average Bonchev–Trinajstić information content (AvgIpc) is 2.51. The average molecular weight is 336 g/mol. The van der Waals surface area contributed by atoms with Crippen molar-refractivity contribution in [3.05, 3.63) is 35.9 Å². The molecule has 0 bridgehead atoms. The van der Waals surface area contributed by atoms with E-state index < -0.39 is 24.1 Å². The summed E-state index contributed by atoms with van der Waals surface area (Å²) in [6.07, 6.45) is -0.128. The molecule has 0 saturated carbocycles. The number of rotatable bonds is 8. The van der Waals surface area contributed by atoms with E-state index in [4.69, 9.17) is 4.74 Å². The Bertz CT molecular complexity index is 492. The van der Waals surface area contributed by atoms with Crippen molar-refractivity contribution in [2.75, 3.05) is 0 Å². The molecule has 0 aliphatic rings. The predicted octanol–water partition coefficient (Wildman–Crippen LogP) is 3.55. The third kappa shape index (κ3) is 7.02. The molecule has 0 spiro atoms. The van der Waals surface area contributed by atoms with Crippen LogP contribution in [0.15, 0.2) is 30.3 Å². The quantitative estimate of drug-likeness (QED) is 0.713. The van der Waals surface area contributed by atoms with Crippen LogP contribution in [-0.4, -0.2) is 28.4 Å². The Morgan fingerprint density at radius 2 is 1.67 bits per heavy atom. The Hall–Kier alpha value is -1.39. The van der Waals surface area contributed by atoms with Gasteiger partial charge in [0.05, 0.1) is 18.1 Å². The number of ether oxygens (including phenoxy) is 1. The van der Waals surface area contributed by atoms with Crippen LogP contribution < -0.4 is 0 Å².